The SMILES string of the molecule is CCCCCCCCCCCCCCOCC(CNC(=O)c1ccc(C2CCN(C(=O)OC(C)(C)C)CC2)cc1)OCCCCCCCCCCCCCC. The third-order valence-electron chi connectivity index (χ3n) is 11.1. The molecule has 0 saturated carbocycles. The second kappa shape index (κ2) is 31.9. The zero-order valence-electron chi connectivity index (χ0n) is 36.6. The van der Waals surface area contributed by atoms with E-state index in [2.05, 4.69) is 31.3 Å². The molecular weight excluding hydrogens is 685 g/mol. The zero-order chi connectivity index (χ0) is 39.8. The van der Waals surface area contributed by atoms with Gasteiger partial charge >= 0.3 is 6.09 Å². The van der Waals surface area contributed by atoms with Gasteiger partial charge in [0.2, 0.25) is 0 Å². The van der Waals surface area contributed by atoms with Crippen LogP contribution in [-0.2, 0) is 14.2 Å². The highest BCUT2D eigenvalue weighted by molar-refractivity contribution is 5.94. The average molecular weight is 771 g/mol. The summed E-state index contributed by atoms with van der Waals surface area (Å²) in [5, 5.41) is 3.13. The lowest BCUT2D eigenvalue weighted by atomic mass is 9.89. The molecule has 1 unspecified atom stereocenters. The summed E-state index contributed by atoms with van der Waals surface area (Å²) in [5.74, 6) is 0.294. The number of likely N-dealkylation sites (tertiary alicyclic amines) is 1. The topological polar surface area (TPSA) is 77.1 Å². The molecule has 1 saturated heterocycles. The first-order valence-electron chi connectivity index (χ1n) is 23.3. The average Bonchev–Trinajstić information content (AvgIpc) is 3.17. The highest BCUT2D eigenvalue weighted by Crippen LogP contribution is 2.29. The molecule has 1 N–H and O–H groups in total. The van der Waals surface area contributed by atoms with E-state index in [1.54, 1.807) is 0 Å². The summed E-state index contributed by atoms with van der Waals surface area (Å²) in [5.41, 5.74) is 1.39. The molecule has 2 rings (SSSR count). The number of hydrogen-bond acceptors (Lipinski definition) is 5. The molecule has 0 radical (unpaired) electrons. The van der Waals surface area contributed by atoms with Crippen molar-refractivity contribution in [1.29, 1.82) is 0 Å². The molecule has 318 valence electrons. The van der Waals surface area contributed by atoms with Gasteiger partial charge in [0, 0.05) is 38.4 Å². The lowest BCUT2D eigenvalue weighted by molar-refractivity contribution is -0.0170. The number of unbranched alkanes of at least 4 members (excludes halogenated alkanes) is 22. The highest BCUT2D eigenvalue weighted by atomic mass is 16.6. The minimum atomic E-state index is -0.484. The molecule has 0 bridgehead atoms. The van der Waals surface area contributed by atoms with E-state index in [1.165, 1.54) is 147 Å². The van der Waals surface area contributed by atoms with E-state index in [4.69, 9.17) is 14.2 Å². The maximum Gasteiger partial charge on any atom is 0.410 e. The fraction of sp³-hybridized carbons (Fsp3) is 0.833. The maximum atomic E-state index is 13.2. The largest absolute Gasteiger partial charge is 0.444 e. The molecule has 1 fully saturated rings. The van der Waals surface area contributed by atoms with Crippen LogP contribution in [0.5, 0.6) is 0 Å². The Morgan fingerprint density at radius 2 is 1.09 bits per heavy atom. The Morgan fingerprint density at radius 1 is 0.655 bits per heavy atom. The number of nitrogens with zero attached hydrogens (tertiary/aromatic N) is 1. The van der Waals surface area contributed by atoms with E-state index in [9.17, 15) is 9.59 Å². The summed E-state index contributed by atoms with van der Waals surface area (Å²) in [6.45, 7) is 14.0. The molecule has 1 aliphatic heterocycles. The third kappa shape index (κ3) is 25.7. The number of amides is 2. The Hall–Kier alpha value is -2.12. The number of rotatable bonds is 33. The molecule has 0 aromatic heterocycles. The minimum Gasteiger partial charge on any atom is -0.444 e. The van der Waals surface area contributed by atoms with Gasteiger partial charge in [0.25, 0.3) is 5.91 Å². The standard InChI is InChI=1S/C48H86N2O5/c1-6-8-10-12-14-16-18-20-22-24-26-28-38-53-41-45(54-39-29-27-25-23-21-19-17-15-13-11-9-7-2)40-49-46(51)44-32-30-42(31-33-44)43-34-36-50(37-35-43)47(52)55-48(3,4)5/h30-33,43,45H,6-29,34-41H2,1-5H3,(H,49,51). The summed E-state index contributed by atoms with van der Waals surface area (Å²) in [7, 11) is 0. The Balaban J connectivity index is 1.70. The Morgan fingerprint density at radius 3 is 1.55 bits per heavy atom. The molecular formula is C48H86N2O5. The molecule has 2 amide bonds. The van der Waals surface area contributed by atoms with Crippen LogP contribution in [0.15, 0.2) is 24.3 Å². The van der Waals surface area contributed by atoms with Gasteiger partial charge < -0.3 is 24.4 Å². The van der Waals surface area contributed by atoms with E-state index in [0.29, 0.717) is 44.3 Å². The van der Waals surface area contributed by atoms with Gasteiger partial charge in [-0.15, -0.1) is 0 Å². The van der Waals surface area contributed by atoms with Gasteiger partial charge in [0.05, 0.1) is 12.7 Å². The molecule has 7 nitrogen and oxygen atoms in total. The number of carbonyl (C=O) groups is 2. The van der Waals surface area contributed by atoms with Crippen LogP contribution in [0, 0.1) is 0 Å². The van der Waals surface area contributed by atoms with Gasteiger partial charge in [-0.1, -0.05) is 167 Å². The van der Waals surface area contributed by atoms with Crippen molar-refractivity contribution < 1.29 is 23.8 Å². The molecule has 1 aliphatic rings. The Bertz CT molecular complexity index is 1060. The van der Waals surface area contributed by atoms with E-state index >= 15 is 0 Å². The fourth-order valence-corrected chi connectivity index (χ4v) is 7.56. The predicted molar refractivity (Wildman–Crippen MR) is 231 cm³/mol. The number of hydrogen-bond donors (Lipinski definition) is 1. The van der Waals surface area contributed by atoms with Crippen LogP contribution >= 0.6 is 0 Å². The van der Waals surface area contributed by atoms with Crippen LogP contribution in [0.1, 0.15) is 223 Å². The molecule has 1 aromatic rings. The molecule has 0 spiro atoms. The maximum absolute atomic E-state index is 13.2. The lowest BCUT2D eigenvalue weighted by Crippen LogP contribution is -2.41. The first-order chi connectivity index (χ1) is 26.7. The number of carbonyl (C=O) groups excluding carboxylic acids is 2. The number of ether oxygens (including phenoxy) is 3. The van der Waals surface area contributed by atoms with Gasteiger partial charge in [0.1, 0.15) is 5.60 Å². The first-order valence-corrected chi connectivity index (χ1v) is 23.3. The summed E-state index contributed by atoms with van der Waals surface area (Å²) in [6, 6.07) is 8.00. The first kappa shape index (κ1) is 49.0. The second-order valence-electron chi connectivity index (χ2n) is 17.4. The van der Waals surface area contributed by atoms with E-state index in [1.807, 2.05) is 37.8 Å². The number of piperidine rings is 1. The minimum absolute atomic E-state index is 0.0776. The van der Waals surface area contributed by atoms with E-state index in [0.717, 1.165) is 32.3 Å². The lowest BCUT2D eigenvalue weighted by Gasteiger charge is -2.33. The molecule has 7 heteroatoms. The Labute approximate surface area is 339 Å². The van der Waals surface area contributed by atoms with Gasteiger partial charge in [-0.05, 0) is 70.1 Å². The highest BCUT2D eigenvalue weighted by Gasteiger charge is 2.27. The van der Waals surface area contributed by atoms with Crippen molar-refractivity contribution in [3.05, 3.63) is 35.4 Å². The summed E-state index contributed by atoms with van der Waals surface area (Å²) < 4.78 is 18.0. The molecule has 1 aromatic carbocycles. The van der Waals surface area contributed by atoms with Crippen LogP contribution in [0.2, 0.25) is 0 Å². The normalized spacial score (nSPS) is 14.3. The van der Waals surface area contributed by atoms with Crippen molar-refractivity contribution in [3.8, 4) is 0 Å². The van der Waals surface area contributed by atoms with Crippen molar-refractivity contribution in [2.24, 2.45) is 0 Å². The van der Waals surface area contributed by atoms with Gasteiger partial charge in [-0.3, -0.25) is 4.79 Å². The number of nitrogens with one attached hydrogen (secondary N) is 1. The summed E-state index contributed by atoms with van der Waals surface area (Å²) >= 11 is 0. The second-order valence-corrected chi connectivity index (χ2v) is 17.4. The van der Waals surface area contributed by atoms with Crippen LogP contribution in [-0.4, -0.2) is 68.1 Å². The van der Waals surface area contributed by atoms with Crippen molar-refractivity contribution in [1.82, 2.24) is 10.2 Å². The van der Waals surface area contributed by atoms with Crippen molar-refractivity contribution in [2.75, 3.05) is 39.5 Å². The van der Waals surface area contributed by atoms with Crippen molar-refractivity contribution in [3.63, 3.8) is 0 Å². The summed E-state index contributed by atoms with van der Waals surface area (Å²) in [4.78, 5) is 27.5. The number of benzene rings is 1. The quantitative estimate of drug-likeness (QED) is 0.0720. The van der Waals surface area contributed by atoms with Crippen LogP contribution in [0.25, 0.3) is 0 Å². The third-order valence-corrected chi connectivity index (χ3v) is 11.1. The summed E-state index contributed by atoms with van der Waals surface area (Å²) in [6.07, 6.45) is 33.3. The fourth-order valence-electron chi connectivity index (χ4n) is 7.56. The van der Waals surface area contributed by atoms with Crippen LogP contribution in [0.3, 0.4) is 0 Å². The van der Waals surface area contributed by atoms with Gasteiger partial charge in [-0.2, -0.15) is 0 Å². The molecule has 55 heavy (non-hydrogen) atoms. The predicted octanol–water partition coefficient (Wildman–Crippen LogP) is 13.3. The van der Waals surface area contributed by atoms with Crippen LogP contribution in [0.4, 0.5) is 4.79 Å². The molecule has 0 aliphatic carbocycles. The molecule has 1 atom stereocenters. The van der Waals surface area contributed by atoms with Crippen LogP contribution < -0.4 is 5.32 Å². The zero-order valence-corrected chi connectivity index (χ0v) is 36.6. The molecule has 1 heterocycles. The monoisotopic (exact) mass is 771 g/mol. The Kier molecular flexibility index (Phi) is 28.4. The van der Waals surface area contributed by atoms with E-state index in [-0.39, 0.29) is 18.1 Å². The van der Waals surface area contributed by atoms with Gasteiger partial charge in [-0.25, -0.2) is 4.79 Å². The van der Waals surface area contributed by atoms with E-state index < -0.39 is 5.60 Å². The van der Waals surface area contributed by atoms with Crippen molar-refractivity contribution in [2.45, 2.75) is 219 Å². The smallest absolute Gasteiger partial charge is 0.410 e. The van der Waals surface area contributed by atoms with Crippen molar-refractivity contribution >= 4 is 12.0 Å². The van der Waals surface area contributed by atoms with Gasteiger partial charge in [0.15, 0.2) is 0 Å².